The van der Waals surface area contributed by atoms with Gasteiger partial charge in [-0.2, -0.15) is 23.4 Å². The normalized spacial score (nSPS) is 18.1. The second-order valence-electron chi connectivity index (χ2n) is 5.21. The van der Waals surface area contributed by atoms with E-state index in [2.05, 4.69) is 22.1 Å². The molecule has 0 aromatic carbocycles. The summed E-state index contributed by atoms with van der Waals surface area (Å²) in [6, 6.07) is 0. The molecule has 0 aliphatic carbocycles. The summed E-state index contributed by atoms with van der Waals surface area (Å²) < 4.78 is 36.6. The molecule has 0 atom stereocenters. The van der Waals surface area contributed by atoms with Gasteiger partial charge in [0.05, 0.1) is 18.3 Å². The van der Waals surface area contributed by atoms with Crippen molar-refractivity contribution in [1.82, 2.24) is 4.90 Å². The van der Waals surface area contributed by atoms with E-state index < -0.39 is 12.6 Å². The van der Waals surface area contributed by atoms with E-state index in [1.807, 2.05) is 13.1 Å². The monoisotopic (exact) mass is 301 g/mol. The number of halogens is 3. The number of hydrogen-bond donors (Lipinski definition) is 0. The minimum atomic E-state index is -4.14. The largest absolute Gasteiger partial charge is 0.392 e. The Bertz CT molecular complexity index is 459. The van der Waals surface area contributed by atoms with E-state index >= 15 is 0 Å². The topological polar surface area (TPSA) is 28.0 Å². The molecule has 0 bridgehead atoms. The predicted molar refractivity (Wildman–Crippen MR) is 77.6 cm³/mol. The van der Waals surface area contributed by atoms with Crippen LogP contribution < -0.4 is 0 Å². The first-order valence-electron chi connectivity index (χ1n) is 7.04. The highest BCUT2D eigenvalue weighted by molar-refractivity contribution is 5.17. The molecule has 0 saturated carbocycles. The Balaban J connectivity index is 2.54. The molecule has 1 aliphatic rings. The number of hydrogen-bond acceptors (Lipinski definition) is 3. The fourth-order valence-electron chi connectivity index (χ4n) is 2.05. The van der Waals surface area contributed by atoms with E-state index in [0.717, 1.165) is 24.4 Å². The van der Waals surface area contributed by atoms with Crippen molar-refractivity contribution in [3.05, 3.63) is 35.3 Å². The molecule has 0 amide bonds. The third-order valence-corrected chi connectivity index (χ3v) is 3.10. The summed E-state index contributed by atoms with van der Waals surface area (Å²) in [4.78, 5) is 2.12. The highest BCUT2D eigenvalue weighted by atomic mass is 19.4. The van der Waals surface area contributed by atoms with Crippen LogP contribution in [0.2, 0.25) is 0 Å². The van der Waals surface area contributed by atoms with Crippen molar-refractivity contribution < 1.29 is 13.2 Å². The molecule has 1 heterocycles. The van der Waals surface area contributed by atoms with Crippen molar-refractivity contribution >= 4 is 0 Å². The lowest BCUT2D eigenvalue weighted by atomic mass is 10.1. The lowest BCUT2D eigenvalue weighted by Gasteiger charge is -2.22. The van der Waals surface area contributed by atoms with Gasteiger partial charge in [0, 0.05) is 25.7 Å². The van der Waals surface area contributed by atoms with E-state index in [1.54, 1.807) is 12.3 Å². The van der Waals surface area contributed by atoms with Crippen LogP contribution in [0.3, 0.4) is 0 Å². The minimum Gasteiger partial charge on any atom is -0.376 e. The highest BCUT2D eigenvalue weighted by Crippen LogP contribution is 2.25. The van der Waals surface area contributed by atoms with Crippen LogP contribution in [0.15, 0.2) is 45.5 Å². The third kappa shape index (κ3) is 7.11. The van der Waals surface area contributed by atoms with Gasteiger partial charge in [0.1, 0.15) is 0 Å². The Labute approximate surface area is 123 Å². The molecular formula is C15H22F3N3. The van der Waals surface area contributed by atoms with Gasteiger partial charge in [-0.05, 0) is 19.8 Å². The molecule has 1 aliphatic heterocycles. The van der Waals surface area contributed by atoms with E-state index in [0.29, 0.717) is 18.4 Å². The number of alkyl halides is 3. The first-order valence-corrected chi connectivity index (χ1v) is 7.04. The minimum absolute atomic E-state index is 0.325. The second kappa shape index (κ2) is 8.00. The maximum absolute atomic E-state index is 12.2. The number of allylic oxidation sites excluding steroid dienone is 3. The maximum Gasteiger partial charge on any atom is 0.392 e. The van der Waals surface area contributed by atoms with Gasteiger partial charge >= 0.3 is 6.18 Å². The summed E-state index contributed by atoms with van der Waals surface area (Å²) in [6.07, 6.45) is 2.31. The van der Waals surface area contributed by atoms with Crippen LogP contribution in [0.1, 0.15) is 39.5 Å². The van der Waals surface area contributed by atoms with Crippen molar-refractivity contribution in [3.8, 4) is 0 Å². The Morgan fingerprint density at radius 3 is 2.76 bits per heavy atom. The summed E-state index contributed by atoms with van der Waals surface area (Å²) in [6.45, 7) is 4.54. The SMILES string of the molecule is CCCN(C)C1=CN=N/C(=C/C/C=C(\C)CC(F)(F)F)C1. The Morgan fingerprint density at radius 1 is 1.43 bits per heavy atom. The molecule has 0 N–H and O–H groups in total. The van der Waals surface area contributed by atoms with Gasteiger partial charge in [0.25, 0.3) is 0 Å². The smallest absolute Gasteiger partial charge is 0.376 e. The maximum atomic E-state index is 12.2. The quantitative estimate of drug-likeness (QED) is 0.620. The number of rotatable bonds is 6. The van der Waals surface area contributed by atoms with Gasteiger partial charge in [-0.3, -0.25) is 0 Å². The van der Waals surface area contributed by atoms with E-state index in [1.165, 1.54) is 6.92 Å². The van der Waals surface area contributed by atoms with Gasteiger partial charge in [-0.25, -0.2) is 0 Å². The fourth-order valence-corrected chi connectivity index (χ4v) is 2.05. The summed E-state index contributed by atoms with van der Waals surface area (Å²) in [7, 11) is 2.00. The van der Waals surface area contributed by atoms with Crippen molar-refractivity contribution in [2.45, 2.75) is 45.7 Å². The van der Waals surface area contributed by atoms with Crippen LogP contribution in [0.4, 0.5) is 13.2 Å². The molecule has 0 saturated heterocycles. The Morgan fingerprint density at radius 2 is 2.14 bits per heavy atom. The average molecular weight is 301 g/mol. The fraction of sp³-hybridized carbons (Fsp3) is 0.600. The van der Waals surface area contributed by atoms with Crippen molar-refractivity contribution in [3.63, 3.8) is 0 Å². The van der Waals surface area contributed by atoms with Gasteiger partial charge in [0.2, 0.25) is 0 Å². The molecule has 0 fully saturated rings. The zero-order valence-corrected chi connectivity index (χ0v) is 12.7. The van der Waals surface area contributed by atoms with Crippen LogP contribution in [-0.2, 0) is 0 Å². The van der Waals surface area contributed by atoms with E-state index in [9.17, 15) is 13.2 Å². The lowest BCUT2D eigenvalue weighted by molar-refractivity contribution is -0.127. The van der Waals surface area contributed by atoms with Gasteiger partial charge in [-0.15, -0.1) is 0 Å². The Hall–Kier alpha value is -1.59. The van der Waals surface area contributed by atoms with Gasteiger partial charge in [-0.1, -0.05) is 24.6 Å². The molecule has 0 spiro atoms. The molecule has 0 radical (unpaired) electrons. The average Bonchev–Trinajstić information content (AvgIpc) is 2.37. The van der Waals surface area contributed by atoms with E-state index in [4.69, 9.17) is 0 Å². The first-order chi connectivity index (χ1) is 9.81. The summed E-state index contributed by atoms with van der Waals surface area (Å²) in [5.41, 5.74) is 2.20. The van der Waals surface area contributed by atoms with Crippen LogP contribution in [0.25, 0.3) is 0 Å². The van der Waals surface area contributed by atoms with Crippen LogP contribution in [0, 0.1) is 0 Å². The molecule has 0 aromatic rings. The van der Waals surface area contributed by atoms with Crippen LogP contribution in [0.5, 0.6) is 0 Å². The summed E-state index contributed by atoms with van der Waals surface area (Å²) >= 11 is 0. The van der Waals surface area contributed by atoms with Crippen LogP contribution in [-0.4, -0.2) is 24.7 Å². The van der Waals surface area contributed by atoms with Gasteiger partial charge in [0.15, 0.2) is 0 Å². The zero-order valence-electron chi connectivity index (χ0n) is 12.7. The molecule has 6 heteroatoms. The standard InChI is InChI=1S/C15H22F3N3/c1-4-8-21(3)14-9-13(20-19-11-14)7-5-6-12(2)10-15(16,17)18/h6-7,11H,4-5,8-10H2,1-3H3/b12-6+,13-7+. The summed E-state index contributed by atoms with van der Waals surface area (Å²) in [5.74, 6) is 0. The van der Waals surface area contributed by atoms with Crippen molar-refractivity contribution in [2.75, 3.05) is 13.6 Å². The summed E-state index contributed by atoms with van der Waals surface area (Å²) in [5, 5.41) is 7.98. The van der Waals surface area contributed by atoms with Crippen molar-refractivity contribution in [1.29, 1.82) is 0 Å². The number of nitrogens with zero attached hydrogens (tertiary/aromatic N) is 3. The molecule has 1 rings (SSSR count). The second-order valence-corrected chi connectivity index (χ2v) is 5.21. The lowest BCUT2D eigenvalue weighted by Crippen LogP contribution is -2.19. The Kier molecular flexibility index (Phi) is 6.65. The molecular weight excluding hydrogens is 279 g/mol. The highest BCUT2D eigenvalue weighted by Gasteiger charge is 2.27. The number of azo groups is 1. The molecule has 118 valence electrons. The third-order valence-electron chi connectivity index (χ3n) is 3.10. The molecule has 3 nitrogen and oxygen atoms in total. The molecule has 21 heavy (non-hydrogen) atoms. The van der Waals surface area contributed by atoms with Crippen LogP contribution >= 0.6 is 0 Å². The van der Waals surface area contributed by atoms with Gasteiger partial charge < -0.3 is 4.90 Å². The molecule has 0 unspecified atom stereocenters. The van der Waals surface area contributed by atoms with Crippen molar-refractivity contribution in [2.24, 2.45) is 10.2 Å². The molecule has 0 aromatic heterocycles. The zero-order chi connectivity index (χ0) is 15.9. The van der Waals surface area contributed by atoms with E-state index in [-0.39, 0.29) is 0 Å². The predicted octanol–water partition coefficient (Wildman–Crippen LogP) is 5.20. The first kappa shape index (κ1) is 17.5.